The lowest BCUT2D eigenvalue weighted by Gasteiger charge is -2.22. The Kier molecular flexibility index (Phi) is 3.41. The molecule has 1 aromatic rings. The third kappa shape index (κ3) is 2.46. The van der Waals surface area contributed by atoms with E-state index in [2.05, 4.69) is 15.3 Å². The van der Waals surface area contributed by atoms with Gasteiger partial charge in [0.2, 0.25) is 5.91 Å². The van der Waals surface area contributed by atoms with Crippen LogP contribution in [0.1, 0.15) is 18.9 Å². The molecular weight excluding hydrogens is 218 g/mol. The lowest BCUT2D eigenvalue weighted by Crippen LogP contribution is -2.34. The molecule has 0 atom stereocenters. The molecule has 1 aliphatic rings. The van der Waals surface area contributed by atoms with Crippen molar-refractivity contribution in [2.75, 3.05) is 30.3 Å². The Balaban J connectivity index is 2.31. The van der Waals surface area contributed by atoms with Crippen molar-refractivity contribution in [3.05, 3.63) is 11.9 Å². The van der Waals surface area contributed by atoms with Crippen molar-refractivity contribution in [1.29, 1.82) is 0 Å². The Hall–Kier alpha value is -1.85. The molecule has 1 amide bonds. The highest BCUT2D eigenvalue weighted by molar-refractivity contribution is 5.81. The summed E-state index contributed by atoms with van der Waals surface area (Å²) in [4.78, 5) is 21.7. The van der Waals surface area contributed by atoms with Crippen LogP contribution in [-0.4, -0.2) is 35.5 Å². The summed E-state index contributed by atoms with van der Waals surface area (Å²) in [5.74, 6) is 1.32. The molecule has 2 heterocycles. The van der Waals surface area contributed by atoms with E-state index in [0.29, 0.717) is 12.4 Å². The fourth-order valence-corrected chi connectivity index (χ4v) is 2.01. The van der Waals surface area contributed by atoms with E-state index in [1.54, 1.807) is 0 Å². The van der Waals surface area contributed by atoms with Crippen molar-refractivity contribution in [3.8, 4) is 0 Å². The first-order chi connectivity index (χ1) is 8.22. The Morgan fingerprint density at radius 3 is 3.12 bits per heavy atom. The van der Waals surface area contributed by atoms with Gasteiger partial charge in [0, 0.05) is 18.7 Å². The van der Waals surface area contributed by atoms with E-state index in [9.17, 15) is 4.79 Å². The standard InChI is InChI=1S/C11H17N5O/c1-2-8-10(12)14-7-15-11(8)16-5-3-4-13-9(17)6-16/h7H,2-6H2,1H3,(H,13,17)(H2,12,14,15). The number of hydrogen-bond acceptors (Lipinski definition) is 5. The van der Waals surface area contributed by atoms with Crippen molar-refractivity contribution < 1.29 is 4.79 Å². The van der Waals surface area contributed by atoms with Gasteiger partial charge in [-0.1, -0.05) is 6.92 Å². The van der Waals surface area contributed by atoms with Gasteiger partial charge in [-0.05, 0) is 12.8 Å². The van der Waals surface area contributed by atoms with Gasteiger partial charge in [-0.15, -0.1) is 0 Å². The molecule has 0 bridgehead atoms. The molecule has 0 saturated carbocycles. The van der Waals surface area contributed by atoms with Crippen LogP contribution in [0.15, 0.2) is 6.33 Å². The highest BCUT2D eigenvalue weighted by atomic mass is 16.2. The molecule has 1 aromatic heterocycles. The number of amides is 1. The topological polar surface area (TPSA) is 84.1 Å². The van der Waals surface area contributed by atoms with Gasteiger partial charge in [-0.3, -0.25) is 4.79 Å². The second-order valence-corrected chi connectivity index (χ2v) is 4.04. The van der Waals surface area contributed by atoms with Crippen LogP contribution >= 0.6 is 0 Å². The normalized spacial score (nSPS) is 16.5. The van der Waals surface area contributed by atoms with Crippen molar-refractivity contribution in [2.45, 2.75) is 19.8 Å². The lowest BCUT2D eigenvalue weighted by molar-refractivity contribution is -0.119. The number of nitrogens with zero attached hydrogens (tertiary/aromatic N) is 3. The number of hydrogen-bond donors (Lipinski definition) is 2. The summed E-state index contributed by atoms with van der Waals surface area (Å²) in [6.07, 6.45) is 3.13. The molecule has 2 rings (SSSR count). The van der Waals surface area contributed by atoms with Crippen LogP contribution in [0.4, 0.5) is 11.6 Å². The molecule has 0 radical (unpaired) electrons. The summed E-state index contributed by atoms with van der Waals surface area (Å²) >= 11 is 0. The van der Waals surface area contributed by atoms with E-state index in [1.807, 2.05) is 11.8 Å². The van der Waals surface area contributed by atoms with Crippen LogP contribution in [0.2, 0.25) is 0 Å². The minimum Gasteiger partial charge on any atom is -0.383 e. The van der Waals surface area contributed by atoms with Crippen molar-refractivity contribution in [1.82, 2.24) is 15.3 Å². The van der Waals surface area contributed by atoms with E-state index in [1.165, 1.54) is 6.33 Å². The number of nitrogens with one attached hydrogen (secondary N) is 1. The van der Waals surface area contributed by atoms with Gasteiger partial charge in [-0.2, -0.15) is 0 Å². The van der Waals surface area contributed by atoms with Crippen LogP contribution in [-0.2, 0) is 11.2 Å². The van der Waals surface area contributed by atoms with Crippen molar-refractivity contribution in [2.24, 2.45) is 0 Å². The van der Waals surface area contributed by atoms with Gasteiger partial charge in [-0.25, -0.2) is 9.97 Å². The summed E-state index contributed by atoms with van der Waals surface area (Å²) in [5, 5.41) is 2.84. The molecule has 0 spiro atoms. The fourth-order valence-electron chi connectivity index (χ4n) is 2.01. The molecule has 1 aliphatic heterocycles. The van der Waals surface area contributed by atoms with E-state index in [-0.39, 0.29) is 5.91 Å². The maximum atomic E-state index is 11.5. The SMILES string of the molecule is CCc1c(N)ncnc1N1CCCNC(=O)C1. The van der Waals surface area contributed by atoms with Gasteiger partial charge in [0.05, 0.1) is 6.54 Å². The molecule has 92 valence electrons. The number of carbonyl (C=O) groups is 1. The summed E-state index contributed by atoms with van der Waals surface area (Å²) in [5.41, 5.74) is 6.75. The van der Waals surface area contributed by atoms with Crippen LogP contribution in [0, 0.1) is 0 Å². The zero-order chi connectivity index (χ0) is 12.3. The zero-order valence-electron chi connectivity index (χ0n) is 9.94. The lowest BCUT2D eigenvalue weighted by atomic mass is 10.2. The van der Waals surface area contributed by atoms with Crippen LogP contribution in [0.3, 0.4) is 0 Å². The average Bonchev–Trinajstić information content (AvgIpc) is 2.53. The Labute approximate surface area is 100 Å². The second-order valence-electron chi connectivity index (χ2n) is 4.04. The maximum absolute atomic E-state index is 11.5. The fraction of sp³-hybridized carbons (Fsp3) is 0.545. The number of nitrogen functional groups attached to an aromatic ring is 1. The van der Waals surface area contributed by atoms with Gasteiger partial charge in [0.1, 0.15) is 18.0 Å². The summed E-state index contributed by atoms with van der Waals surface area (Å²) in [6, 6.07) is 0. The van der Waals surface area contributed by atoms with E-state index >= 15 is 0 Å². The second kappa shape index (κ2) is 4.99. The molecule has 6 nitrogen and oxygen atoms in total. The molecule has 1 saturated heterocycles. The largest absolute Gasteiger partial charge is 0.383 e. The monoisotopic (exact) mass is 235 g/mol. The third-order valence-electron chi connectivity index (χ3n) is 2.87. The Morgan fingerprint density at radius 2 is 2.35 bits per heavy atom. The minimum absolute atomic E-state index is 0.0294. The molecule has 1 fully saturated rings. The van der Waals surface area contributed by atoms with Crippen LogP contribution in [0.5, 0.6) is 0 Å². The molecular formula is C11H17N5O. The molecule has 0 aromatic carbocycles. The zero-order valence-corrected chi connectivity index (χ0v) is 9.94. The minimum atomic E-state index is 0.0294. The van der Waals surface area contributed by atoms with Crippen molar-refractivity contribution >= 4 is 17.5 Å². The first kappa shape index (κ1) is 11.6. The third-order valence-corrected chi connectivity index (χ3v) is 2.87. The predicted molar refractivity (Wildman–Crippen MR) is 65.7 cm³/mol. The highest BCUT2D eigenvalue weighted by Gasteiger charge is 2.19. The number of carbonyl (C=O) groups excluding carboxylic acids is 1. The first-order valence-electron chi connectivity index (χ1n) is 5.83. The first-order valence-corrected chi connectivity index (χ1v) is 5.83. The van der Waals surface area contributed by atoms with Crippen LogP contribution in [0.25, 0.3) is 0 Å². The molecule has 0 aliphatic carbocycles. The van der Waals surface area contributed by atoms with E-state index in [0.717, 1.165) is 37.3 Å². The molecule has 6 heteroatoms. The Morgan fingerprint density at radius 1 is 1.53 bits per heavy atom. The summed E-state index contributed by atoms with van der Waals surface area (Å²) in [6.45, 7) is 3.87. The van der Waals surface area contributed by atoms with Gasteiger partial charge >= 0.3 is 0 Å². The number of nitrogens with two attached hydrogens (primary N) is 1. The maximum Gasteiger partial charge on any atom is 0.239 e. The smallest absolute Gasteiger partial charge is 0.239 e. The number of anilines is 2. The van der Waals surface area contributed by atoms with Gasteiger partial charge in [0.15, 0.2) is 0 Å². The Bertz CT molecular complexity index is 420. The molecule has 0 unspecified atom stereocenters. The quantitative estimate of drug-likeness (QED) is 0.750. The number of rotatable bonds is 2. The van der Waals surface area contributed by atoms with Crippen molar-refractivity contribution in [3.63, 3.8) is 0 Å². The highest BCUT2D eigenvalue weighted by Crippen LogP contribution is 2.22. The van der Waals surface area contributed by atoms with Gasteiger partial charge in [0.25, 0.3) is 0 Å². The van der Waals surface area contributed by atoms with E-state index in [4.69, 9.17) is 5.73 Å². The summed E-state index contributed by atoms with van der Waals surface area (Å²) in [7, 11) is 0. The van der Waals surface area contributed by atoms with E-state index < -0.39 is 0 Å². The van der Waals surface area contributed by atoms with Crippen LogP contribution < -0.4 is 16.0 Å². The summed E-state index contributed by atoms with van der Waals surface area (Å²) < 4.78 is 0. The molecule has 17 heavy (non-hydrogen) atoms. The molecule has 3 N–H and O–H groups in total. The predicted octanol–water partition coefficient (Wildman–Crippen LogP) is -0.0525. The van der Waals surface area contributed by atoms with Gasteiger partial charge < -0.3 is 16.0 Å². The number of aromatic nitrogens is 2. The average molecular weight is 235 g/mol.